The van der Waals surface area contributed by atoms with Gasteiger partial charge in [0.2, 0.25) is 5.95 Å². The Hall–Kier alpha value is -2.81. The van der Waals surface area contributed by atoms with Crippen LogP contribution in [0.4, 0.5) is 5.95 Å². The molecule has 4 heterocycles. The van der Waals surface area contributed by atoms with Crippen LogP contribution in [-0.2, 0) is 0 Å². The molecule has 23 heavy (non-hydrogen) atoms. The molecule has 3 aromatic rings. The molecule has 0 aliphatic carbocycles. The Morgan fingerprint density at radius 3 is 2.57 bits per heavy atom. The molecule has 0 atom stereocenters. The van der Waals surface area contributed by atoms with Gasteiger partial charge < -0.3 is 9.80 Å². The second-order valence-corrected chi connectivity index (χ2v) is 5.57. The SMILES string of the molecule is CN1CCN(c2ncc3c(=O)n(-n4cnnc4)ccc3n2)CC1. The molecule has 0 bridgehead atoms. The Morgan fingerprint density at radius 2 is 1.83 bits per heavy atom. The first-order valence-corrected chi connectivity index (χ1v) is 7.39. The van der Waals surface area contributed by atoms with Gasteiger partial charge >= 0.3 is 0 Å². The maximum Gasteiger partial charge on any atom is 0.280 e. The van der Waals surface area contributed by atoms with Gasteiger partial charge in [-0.2, -0.15) is 0 Å². The lowest BCUT2D eigenvalue weighted by atomic mass is 10.3. The zero-order valence-corrected chi connectivity index (χ0v) is 12.7. The fourth-order valence-corrected chi connectivity index (χ4v) is 2.66. The summed E-state index contributed by atoms with van der Waals surface area (Å²) in [5.41, 5.74) is 0.440. The van der Waals surface area contributed by atoms with Crippen molar-refractivity contribution in [1.29, 1.82) is 0 Å². The fourth-order valence-electron chi connectivity index (χ4n) is 2.66. The third-order valence-electron chi connectivity index (χ3n) is 4.06. The maximum atomic E-state index is 12.5. The molecule has 4 rings (SSSR count). The molecule has 0 unspecified atom stereocenters. The zero-order valence-electron chi connectivity index (χ0n) is 12.7. The van der Waals surface area contributed by atoms with Crippen LogP contribution in [0.3, 0.4) is 0 Å². The van der Waals surface area contributed by atoms with Gasteiger partial charge in [0.1, 0.15) is 12.7 Å². The molecule has 1 aliphatic heterocycles. The highest BCUT2D eigenvalue weighted by molar-refractivity contribution is 5.77. The van der Waals surface area contributed by atoms with Gasteiger partial charge in [0, 0.05) is 38.6 Å². The van der Waals surface area contributed by atoms with E-state index in [0.29, 0.717) is 16.9 Å². The zero-order chi connectivity index (χ0) is 15.8. The number of piperazine rings is 1. The number of rotatable bonds is 2. The number of hydrogen-bond acceptors (Lipinski definition) is 7. The van der Waals surface area contributed by atoms with Crippen LogP contribution in [-0.4, -0.2) is 67.6 Å². The summed E-state index contributed by atoms with van der Waals surface area (Å²) in [6.45, 7) is 3.74. The lowest BCUT2D eigenvalue weighted by molar-refractivity contribution is 0.311. The summed E-state index contributed by atoms with van der Waals surface area (Å²) in [6, 6.07) is 1.80. The van der Waals surface area contributed by atoms with Crippen LogP contribution in [0.25, 0.3) is 10.9 Å². The summed E-state index contributed by atoms with van der Waals surface area (Å²) in [5.74, 6) is 0.673. The minimum absolute atomic E-state index is 0.202. The third kappa shape index (κ3) is 2.44. The van der Waals surface area contributed by atoms with Crippen molar-refractivity contribution in [2.75, 3.05) is 38.1 Å². The van der Waals surface area contributed by atoms with Crippen LogP contribution in [0, 0.1) is 0 Å². The second kappa shape index (κ2) is 5.43. The summed E-state index contributed by atoms with van der Waals surface area (Å²) in [6.07, 6.45) is 6.19. The Morgan fingerprint density at radius 1 is 1.09 bits per heavy atom. The topological polar surface area (TPSA) is 85.0 Å². The highest BCUT2D eigenvalue weighted by Crippen LogP contribution is 2.14. The molecule has 1 saturated heterocycles. The molecule has 0 amide bonds. The molecule has 1 fully saturated rings. The minimum atomic E-state index is -0.202. The first-order valence-electron chi connectivity index (χ1n) is 7.39. The number of hydrogen-bond donors (Lipinski definition) is 0. The maximum absolute atomic E-state index is 12.5. The summed E-state index contributed by atoms with van der Waals surface area (Å²) in [4.78, 5) is 25.9. The lowest BCUT2D eigenvalue weighted by Crippen LogP contribution is -2.45. The highest BCUT2D eigenvalue weighted by Gasteiger charge is 2.17. The summed E-state index contributed by atoms with van der Waals surface area (Å²) in [7, 11) is 2.10. The van der Waals surface area contributed by atoms with Gasteiger partial charge in [0.15, 0.2) is 0 Å². The van der Waals surface area contributed by atoms with Crippen LogP contribution >= 0.6 is 0 Å². The lowest BCUT2D eigenvalue weighted by Gasteiger charge is -2.32. The molecule has 0 radical (unpaired) electrons. The molecule has 9 heteroatoms. The van der Waals surface area contributed by atoms with Gasteiger partial charge in [-0.05, 0) is 13.1 Å². The Balaban J connectivity index is 1.73. The van der Waals surface area contributed by atoms with Gasteiger partial charge in [-0.1, -0.05) is 0 Å². The second-order valence-electron chi connectivity index (χ2n) is 5.57. The predicted octanol–water partition coefficient (Wildman–Crippen LogP) is -0.554. The van der Waals surface area contributed by atoms with Crippen molar-refractivity contribution in [2.24, 2.45) is 0 Å². The predicted molar refractivity (Wildman–Crippen MR) is 84.3 cm³/mol. The summed E-state index contributed by atoms with van der Waals surface area (Å²) < 4.78 is 2.93. The molecule has 0 N–H and O–H groups in total. The van der Waals surface area contributed by atoms with Crippen LogP contribution < -0.4 is 10.5 Å². The normalized spacial score (nSPS) is 16.1. The quantitative estimate of drug-likeness (QED) is 0.627. The summed E-state index contributed by atoms with van der Waals surface area (Å²) >= 11 is 0. The number of aromatic nitrogens is 6. The van der Waals surface area contributed by atoms with Gasteiger partial charge in [-0.3, -0.25) is 4.79 Å². The van der Waals surface area contributed by atoms with E-state index in [2.05, 4.69) is 37.0 Å². The number of anilines is 1. The standard InChI is InChI=1S/C14H16N8O/c1-19-4-6-20(7-5-19)14-15-8-11-12(18-14)2-3-22(13(11)23)21-9-16-17-10-21/h2-3,8-10H,4-7H2,1H3. The van der Waals surface area contributed by atoms with E-state index in [1.807, 2.05) is 0 Å². The first kappa shape index (κ1) is 13.8. The van der Waals surface area contributed by atoms with Gasteiger partial charge in [0.25, 0.3) is 5.56 Å². The molecule has 0 aromatic carbocycles. The van der Waals surface area contributed by atoms with Crippen molar-refractivity contribution in [2.45, 2.75) is 0 Å². The first-order chi connectivity index (χ1) is 11.2. The van der Waals surface area contributed by atoms with Crippen molar-refractivity contribution in [1.82, 2.24) is 34.4 Å². The monoisotopic (exact) mass is 312 g/mol. The van der Waals surface area contributed by atoms with E-state index in [0.717, 1.165) is 26.2 Å². The van der Waals surface area contributed by atoms with Crippen LogP contribution in [0.5, 0.6) is 0 Å². The Bertz CT molecular complexity index is 879. The van der Waals surface area contributed by atoms with Gasteiger partial charge in [-0.15, -0.1) is 10.2 Å². The molecule has 3 aromatic heterocycles. The van der Waals surface area contributed by atoms with E-state index in [1.165, 1.54) is 22.0 Å². The summed E-state index contributed by atoms with van der Waals surface area (Å²) in [5, 5.41) is 7.90. The molecule has 0 spiro atoms. The molecular weight excluding hydrogens is 296 g/mol. The van der Waals surface area contributed by atoms with Crippen LogP contribution in [0.2, 0.25) is 0 Å². The van der Waals surface area contributed by atoms with Crippen molar-refractivity contribution < 1.29 is 0 Å². The molecular formula is C14H16N8O. The Labute approximate surface area is 131 Å². The Kier molecular flexibility index (Phi) is 3.27. The largest absolute Gasteiger partial charge is 0.338 e. The molecule has 118 valence electrons. The number of pyridine rings is 1. The van der Waals surface area contributed by atoms with Crippen LogP contribution in [0.15, 0.2) is 35.9 Å². The third-order valence-corrected chi connectivity index (χ3v) is 4.06. The molecule has 1 aliphatic rings. The minimum Gasteiger partial charge on any atom is -0.338 e. The van der Waals surface area contributed by atoms with Gasteiger partial charge in [-0.25, -0.2) is 19.3 Å². The average molecular weight is 312 g/mol. The number of nitrogens with zero attached hydrogens (tertiary/aromatic N) is 8. The van der Waals surface area contributed by atoms with Crippen molar-refractivity contribution >= 4 is 16.9 Å². The fraction of sp³-hybridized carbons (Fsp3) is 0.357. The van der Waals surface area contributed by atoms with E-state index >= 15 is 0 Å². The number of likely N-dealkylation sites (N-methyl/N-ethyl adjacent to an activating group) is 1. The molecule has 0 saturated carbocycles. The van der Waals surface area contributed by atoms with Crippen molar-refractivity contribution in [3.05, 3.63) is 41.5 Å². The highest BCUT2D eigenvalue weighted by atomic mass is 16.1. The van der Waals surface area contributed by atoms with E-state index in [1.54, 1.807) is 18.5 Å². The van der Waals surface area contributed by atoms with Crippen molar-refractivity contribution in [3.63, 3.8) is 0 Å². The van der Waals surface area contributed by atoms with Crippen molar-refractivity contribution in [3.8, 4) is 0 Å². The van der Waals surface area contributed by atoms with Crippen LogP contribution in [0.1, 0.15) is 0 Å². The smallest absolute Gasteiger partial charge is 0.280 e. The van der Waals surface area contributed by atoms with Gasteiger partial charge in [0.05, 0.1) is 10.9 Å². The number of fused-ring (bicyclic) bond motifs is 1. The van der Waals surface area contributed by atoms with E-state index in [-0.39, 0.29) is 5.56 Å². The van der Waals surface area contributed by atoms with E-state index in [9.17, 15) is 4.79 Å². The average Bonchev–Trinajstić information content (AvgIpc) is 3.10. The van der Waals surface area contributed by atoms with E-state index < -0.39 is 0 Å². The molecule has 9 nitrogen and oxygen atoms in total. The van der Waals surface area contributed by atoms with E-state index in [4.69, 9.17) is 0 Å².